The number of hydrogen-bond acceptors (Lipinski definition) is 1. The SMILES string of the molecule is Clc1cccc(Oc2ccc(Cl)cc2Cl)c1. The summed E-state index contributed by atoms with van der Waals surface area (Å²) in [5.41, 5.74) is 0. The molecule has 0 aliphatic carbocycles. The minimum atomic E-state index is 0.465. The number of benzene rings is 2. The summed E-state index contributed by atoms with van der Waals surface area (Å²) in [7, 11) is 0. The van der Waals surface area contributed by atoms with Crippen LogP contribution < -0.4 is 4.74 Å². The summed E-state index contributed by atoms with van der Waals surface area (Å²) in [5, 5.41) is 1.65. The molecule has 0 radical (unpaired) electrons. The second-order valence-electron chi connectivity index (χ2n) is 3.13. The van der Waals surface area contributed by atoms with E-state index in [0.29, 0.717) is 26.6 Å². The lowest BCUT2D eigenvalue weighted by molar-refractivity contribution is 0.483. The van der Waals surface area contributed by atoms with Gasteiger partial charge in [0.2, 0.25) is 0 Å². The standard InChI is InChI=1S/C12H7Cl3O/c13-8-2-1-3-10(6-8)16-12-5-4-9(14)7-11(12)15/h1-7H. The molecule has 0 aliphatic heterocycles. The highest BCUT2D eigenvalue weighted by Gasteiger charge is 2.04. The predicted octanol–water partition coefficient (Wildman–Crippen LogP) is 5.44. The van der Waals surface area contributed by atoms with E-state index in [1.807, 2.05) is 6.07 Å². The van der Waals surface area contributed by atoms with Gasteiger partial charge in [0.1, 0.15) is 11.5 Å². The third-order valence-corrected chi connectivity index (χ3v) is 2.68. The van der Waals surface area contributed by atoms with Crippen LogP contribution in [0.5, 0.6) is 11.5 Å². The molecule has 0 fully saturated rings. The third-order valence-electron chi connectivity index (χ3n) is 1.92. The maximum absolute atomic E-state index is 5.98. The molecule has 1 nitrogen and oxygen atoms in total. The van der Waals surface area contributed by atoms with Gasteiger partial charge < -0.3 is 4.74 Å². The molecule has 0 atom stereocenters. The summed E-state index contributed by atoms with van der Waals surface area (Å²) < 4.78 is 5.57. The summed E-state index contributed by atoms with van der Waals surface area (Å²) in [6.07, 6.45) is 0. The smallest absolute Gasteiger partial charge is 0.146 e. The lowest BCUT2D eigenvalue weighted by Gasteiger charge is -2.07. The van der Waals surface area contributed by atoms with Crippen molar-refractivity contribution in [2.24, 2.45) is 0 Å². The minimum Gasteiger partial charge on any atom is -0.456 e. The van der Waals surface area contributed by atoms with Gasteiger partial charge in [0.25, 0.3) is 0 Å². The Bertz CT molecular complexity index is 511. The van der Waals surface area contributed by atoms with E-state index in [1.165, 1.54) is 0 Å². The van der Waals surface area contributed by atoms with Crippen molar-refractivity contribution in [2.75, 3.05) is 0 Å². The molecule has 0 bridgehead atoms. The van der Waals surface area contributed by atoms with E-state index in [-0.39, 0.29) is 0 Å². The molecule has 82 valence electrons. The van der Waals surface area contributed by atoms with Crippen molar-refractivity contribution in [1.82, 2.24) is 0 Å². The maximum Gasteiger partial charge on any atom is 0.146 e. The molecule has 16 heavy (non-hydrogen) atoms. The largest absolute Gasteiger partial charge is 0.456 e. The predicted molar refractivity (Wildman–Crippen MR) is 68.0 cm³/mol. The fraction of sp³-hybridized carbons (Fsp3) is 0. The van der Waals surface area contributed by atoms with E-state index in [9.17, 15) is 0 Å². The van der Waals surface area contributed by atoms with Gasteiger partial charge >= 0.3 is 0 Å². The van der Waals surface area contributed by atoms with Crippen LogP contribution in [0.25, 0.3) is 0 Å². The molecule has 0 spiro atoms. The van der Waals surface area contributed by atoms with Crippen LogP contribution in [0.4, 0.5) is 0 Å². The molecule has 0 aromatic heterocycles. The van der Waals surface area contributed by atoms with E-state index in [1.54, 1.807) is 36.4 Å². The summed E-state index contributed by atoms with van der Waals surface area (Å²) in [6.45, 7) is 0. The Hall–Kier alpha value is -0.890. The first kappa shape index (κ1) is 11.6. The van der Waals surface area contributed by atoms with Crippen molar-refractivity contribution >= 4 is 34.8 Å². The third kappa shape index (κ3) is 2.82. The van der Waals surface area contributed by atoms with Crippen molar-refractivity contribution in [3.63, 3.8) is 0 Å². The van der Waals surface area contributed by atoms with E-state index >= 15 is 0 Å². The molecule has 0 saturated heterocycles. The quantitative estimate of drug-likeness (QED) is 0.708. The highest BCUT2D eigenvalue weighted by atomic mass is 35.5. The van der Waals surface area contributed by atoms with E-state index in [4.69, 9.17) is 39.5 Å². The zero-order valence-electron chi connectivity index (χ0n) is 8.08. The average Bonchev–Trinajstić information content (AvgIpc) is 2.22. The normalized spacial score (nSPS) is 10.2. The highest BCUT2D eigenvalue weighted by molar-refractivity contribution is 6.35. The van der Waals surface area contributed by atoms with Crippen molar-refractivity contribution in [1.29, 1.82) is 0 Å². The zero-order chi connectivity index (χ0) is 11.5. The van der Waals surface area contributed by atoms with E-state index < -0.39 is 0 Å². The van der Waals surface area contributed by atoms with Crippen molar-refractivity contribution in [3.8, 4) is 11.5 Å². The Morgan fingerprint density at radius 2 is 1.56 bits per heavy atom. The summed E-state index contributed by atoms with van der Waals surface area (Å²) in [6, 6.07) is 12.2. The number of ether oxygens (including phenoxy) is 1. The van der Waals surface area contributed by atoms with Crippen molar-refractivity contribution in [3.05, 3.63) is 57.5 Å². The molecular formula is C12H7Cl3O. The molecule has 0 amide bonds. The van der Waals surface area contributed by atoms with Gasteiger partial charge in [0.15, 0.2) is 0 Å². The lowest BCUT2D eigenvalue weighted by Crippen LogP contribution is -1.84. The number of halogens is 3. The molecular weight excluding hydrogens is 266 g/mol. The fourth-order valence-corrected chi connectivity index (χ4v) is 1.84. The number of hydrogen-bond donors (Lipinski definition) is 0. The Labute approximate surface area is 109 Å². The molecule has 4 heteroatoms. The highest BCUT2D eigenvalue weighted by Crippen LogP contribution is 2.32. The Balaban J connectivity index is 2.27. The van der Waals surface area contributed by atoms with E-state index in [0.717, 1.165) is 0 Å². The second-order valence-corrected chi connectivity index (χ2v) is 4.41. The number of rotatable bonds is 2. The molecule has 2 rings (SSSR count). The van der Waals surface area contributed by atoms with Crippen LogP contribution in [0.2, 0.25) is 15.1 Å². The summed E-state index contributed by atoms with van der Waals surface area (Å²) in [4.78, 5) is 0. The van der Waals surface area contributed by atoms with Crippen LogP contribution in [0.3, 0.4) is 0 Å². The van der Waals surface area contributed by atoms with Crippen LogP contribution in [-0.4, -0.2) is 0 Å². The summed E-state index contributed by atoms with van der Waals surface area (Å²) >= 11 is 17.6. The van der Waals surface area contributed by atoms with Crippen molar-refractivity contribution in [2.45, 2.75) is 0 Å². The van der Waals surface area contributed by atoms with Gasteiger partial charge in [-0.2, -0.15) is 0 Å². The zero-order valence-corrected chi connectivity index (χ0v) is 10.4. The fourth-order valence-electron chi connectivity index (χ4n) is 1.22. The summed E-state index contributed by atoms with van der Waals surface area (Å²) in [5.74, 6) is 1.19. The van der Waals surface area contributed by atoms with E-state index in [2.05, 4.69) is 0 Å². The van der Waals surface area contributed by atoms with Gasteiger partial charge in [-0.25, -0.2) is 0 Å². The monoisotopic (exact) mass is 272 g/mol. The molecule has 0 heterocycles. The van der Waals surface area contributed by atoms with Crippen LogP contribution in [0.15, 0.2) is 42.5 Å². The molecule has 0 aliphatic rings. The molecule has 2 aromatic carbocycles. The lowest BCUT2D eigenvalue weighted by atomic mass is 10.3. The minimum absolute atomic E-state index is 0.465. The van der Waals surface area contributed by atoms with Gasteiger partial charge in [-0.05, 0) is 36.4 Å². The first-order valence-corrected chi connectivity index (χ1v) is 5.67. The average molecular weight is 274 g/mol. The molecule has 2 aromatic rings. The molecule has 0 N–H and O–H groups in total. The Kier molecular flexibility index (Phi) is 3.59. The Morgan fingerprint density at radius 3 is 2.25 bits per heavy atom. The molecule has 0 saturated carbocycles. The van der Waals surface area contributed by atoms with Gasteiger partial charge in [-0.15, -0.1) is 0 Å². The first-order chi connectivity index (χ1) is 7.65. The van der Waals surface area contributed by atoms with Crippen LogP contribution in [0, 0.1) is 0 Å². The second kappa shape index (κ2) is 4.96. The first-order valence-electron chi connectivity index (χ1n) is 4.53. The van der Waals surface area contributed by atoms with Gasteiger partial charge in [-0.1, -0.05) is 40.9 Å². The van der Waals surface area contributed by atoms with Gasteiger partial charge in [0.05, 0.1) is 5.02 Å². The topological polar surface area (TPSA) is 9.23 Å². The molecule has 0 unspecified atom stereocenters. The Morgan fingerprint density at radius 1 is 0.812 bits per heavy atom. The van der Waals surface area contributed by atoms with Gasteiger partial charge in [-0.3, -0.25) is 0 Å². The van der Waals surface area contributed by atoms with Crippen molar-refractivity contribution < 1.29 is 4.74 Å². The van der Waals surface area contributed by atoms with Crippen LogP contribution in [0.1, 0.15) is 0 Å². The van der Waals surface area contributed by atoms with Crippen LogP contribution >= 0.6 is 34.8 Å². The van der Waals surface area contributed by atoms with Gasteiger partial charge in [0, 0.05) is 10.0 Å². The maximum atomic E-state index is 5.98. The van der Waals surface area contributed by atoms with Crippen LogP contribution in [-0.2, 0) is 0 Å².